The van der Waals surface area contributed by atoms with Gasteiger partial charge in [-0.1, -0.05) is 25.3 Å². The third kappa shape index (κ3) is 4.13. The Morgan fingerprint density at radius 2 is 1.79 bits per heavy atom. The van der Waals surface area contributed by atoms with Gasteiger partial charge < -0.3 is 14.8 Å². The molecule has 1 saturated carbocycles. The van der Waals surface area contributed by atoms with Crippen molar-refractivity contribution in [2.24, 2.45) is 0 Å². The highest BCUT2D eigenvalue weighted by molar-refractivity contribution is 5.33. The number of hydrogen-bond acceptors (Lipinski definition) is 3. The maximum absolute atomic E-state index is 6.19. The standard InChI is InChI=1S/C16H25NO2/c1-17-15-10-5-3-4-6-11-16(15)19-14-9-7-8-13(12-14)18-2/h7-9,12,15-17H,3-6,10-11H2,1-2H3. The molecule has 0 radical (unpaired) electrons. The Hall–Kier alpha value is -1.22. The Labute approximate surface area is 116 Å². The molecule has 1 N–H and O–H groups in total. The van der Waals surface area contributed by atoms with Crippen molar-refractivity contribution < 1.29 is 9.47 Å². The van der Waals surface area contributed by atoms with Crippen molar-refractivity contribution in [3.05, 3.63) is 24.3 Å². The van der Waals surface area contributed by atoms with Crippen LogP contribution in [0.25, 0.3) is 0 Å². The molecule has 0 amide bonds. The second-order valence-electron chi connectivity index (χ2n) is 5.22. The molecule has 1 aromatic carbocycles. The van der Waals surface area contributed by atoms with Crippen molar-refractivity contribution in [1.82, 2.24) is 5.32 Å². The first-order chi connectivity index (χ1) is 9.33. The number of nitrogens with one attached hydrogen (secondary N) is 1. The van der Waals surface area contributed by atoms with Crippen LogP contribution < -0.4 is 14.8 Å². The first-order valence-corrected chi connectivity index (χ1v) is 7.31. The largest absolute Gasteiger partial charge is 0.497 e. The molecule has 0 aromatic heterocycles. The van der Waals surface area contributed by atoms with Gasteiger partial charge in [-0.15, -0.1) is 0 Å². The van der Waals surface area contributed by atoms with Gasteiger partial charge in [-0.05, 0) is 38.4 Å². The summed E-state index contributed by atoms with van der Waals surface area (Å²) in [5.41, 5.74) is 0. The molecule has 1 aliphatic rings. The molecule has 3 nitrogen and oxygen atoms in total. The zero-order chi connectivity index (χ0) is 13.5. The molecule has 1 aromatic rings. The van der Waals surface area contributed by atoms with Crippen LogP contribution in [0.1, 0.15) is 38.5 Å². The smallest absolute Gasteiger partial charge is 0.123 e. The summed E-state index contributed by atoms with van der Waals surface area (Å²) in [7, 11) is 3.72. The molecule has 2 atom stereocenters. The van der Waals surface area contributed by atoms with Gasteiger partial charge in [0.15, 0.2) is 0 Å². The number of methoxy groups -OCH3 is 1. The minimum absolute atomic E-state index is 0.261. The maximum atomic E-state index is 6.19. The van der Waals surface area contributed by atoms with Crippen molar-refractivity contribution >= 4 is 0 Å². The van der Waals surface area contributed by atoms with Gasteiger partial charge >= 0.3 is 0 Å². The van der Waals surface area contributed by atoms with Gasteiger partial charge in [-0.2, -0.15) is 0 Å². The van der Waals surface area contributed by atoms with Crippen molar-refractivity contribution in [2.75, 3.05) is 14.2 Å². The van der Waals surface area contributed by atoms with Crippen molar-refractivity contribution in [3.63, 3.8) is 0 Å². The van der Waals surface area contributed by atoms with E-state index < -0.39 is 0 Å². The number of hydrogen-bond donors (Lipinski definition) is 1. The minimum atomic E-state index is 0.261. The van der Waals surface area contributed by atoms with Crippen LogP contribution in [0.2, 0.25) is 0 Å². The van der Waals surface area contributed by atoms with E-state index in [1.165, 1.54) is 32.1 Å². The molecule has 1 fully saturated rings. The Kier molecular flexibility index (Phi) is 5.52. The quantitative estimate of drug-likeness (QED) is 0.903. The van der Waals surface area contributed by atoms with Crippen molar-refractivity contribution in [1.29, 1.82) is 0 Å². The molecule has 0 heterocycles. The zero-order valence-corrected chi connectivity index (χ0v) is 12.0. The third-order valence-electron chi connectivity index (χ3n) is 3.90. The molecule has 0 bridgehead atoms. The molecule has 19 heavy (non-hydrogen) atoms. The number of benzene rings is 1. The van der Waals surface area contributed by atoms with E-state index in [4.69, 9.17) is 9.47 Å². The summed E-state index contributed by atoms with van der Waals surface area (Å²) in [6.07, 6.45) is 7.82. The summed E-state index contributed by atoms with van der Waals surface area (Å²) < 4.78 is 11.4. The van der Waals surface area contributed by atoms with Gasteiger partial charge in [0, 0.05) is 12.1 Å². The predicted molar refractivity (Wildman–Crippen MR) is 78.0 cm³/mol. The summed E-state index contributed by atoms with van der Waals surface area (Å²) in [6, 6.07) is 8.34. The normalized spacial score (nSPS) is 24.3. The van der Waals surface area contributed by atoms with Crippen LogP contribution in [0, 0.1) is 0 Å². The Bertz CT molecular complexity index is 381. The first-order valence-electron chi connectivity index (χ1n) is 7.31. The molecule has 2 rings (SSSR count). The fraction of sp³-hybridized carbons (Fsp3) is 0.625. The van der Waals surface area contributed by atoms with E-state index >= 15 is 0 Å². The second kappa shape index (κ2) is 7.39. The number of ether oxygens (including phenoxy) is 2. The maximum Gasteiger partial charge on any atom is 0.123 e. The first kappa shape index (κ1) is 14.2. The van der Waals surface area contributed by atoms with Crippen LogP contribution in [0.3, 0.4) is 0 Å². The molecule has 2 unspecified atom stereocenters. The van der Waals surface area contributed by atoms with E-state index in [9.17, 15) is 0 Å². The van der Waals surface area contributed by atoms with Crippen molar-refractivity contribution in [2.45, 2.75) is 50.7 Å². The molecule has 0 spiro atoms. The Morgan fingerprint density at radius 3 is 2.53 bits per heavy atom. The molecule has 1 aliphatic carbocycles. The fourth-order valence-electron chi connectivity index (χ4n) is 2.77. The van der Waals surface area contributed by atoms with Gasteiger partial charge in [0.05, 0.1) is 7.11 Å². The second-order valence-corrected chi connectivity index (χ2v) is 5.22. The lowest BCUT2D eigenvalue weighted by Crippen LogP contribution is -2.41. The highest BCUT2D eigenvalue weighted by Crippen LogP contribution is 2.25. The van der Waals surface area contributed by atoms with E-state index in [0.29, 0.717) is 6.04 Å². The third-order valence-corrected chi connectivity index (χ3v) is 3.90. The molecular formula is C16H25NO2. The Morgan fingerprint density at radius 1 is 1.05 bits per heavy atom. The van der Waals surface area contributed by atoms with Crippen LogP contribution in [-0.4, -0.2) is 26.3 Å². The molecule has 3 heteroatoms. The summed E-state index contributed by atoms with van der Waals surface area (Å²) in [5.74, 6) is 1.76. The fourth-order valence-corrected chi connectivity index (χ4v) is 2.77. The van der Waals surface area contributed by atoms with E-state index in [2.05, 4.69) is 5.32 Å². The molecule has 0 aliphatic heterocycles. The molecule has 106 valence electrons. The van der Waals surface area contributed by atoms with E-state index in [-0.39, 0.29) is 6.10 Å². The summed E-state index contributed by atoms with van der Waals surface area (Å²) >= 11 is 0. The van der Waals surface area contributed by atoms with Crippen LogP contribution in [0.4, 0.5) is 0 Å². The van der Waals surface area contributed by atoms with Gasteiger partial charge in [0.1, 0.15) is 17.6 Å². The van der Waals surface area contributed by atoms with Gasteiger partial charge in [0.25, 0.3) is 0 Å². The average Bonchev–Trinajstić information content (AvgIpc) is 2.42. The zero-order valence-electron chi connectivity index (χ0n) is 12.0. The molecular weight excluding hydrogens is 238 g/mol. The Balaban J connectivity index is 2.04. The van der Waals surface area contributed by atoms with Crippen molar-refractivity contribution in [3.8, 4) is 11.5 Å². The monoisotopic (exact) mass is 263 g/mol. The topological polar surface area (TPSA) is 30.5 Å². The summed E-state index contributed by atoms with van der Waals surface area (Å²) in [4.78, 5) is 0. The lowest BCUT2D eigenvalue weighted by molar-refractivity contribution is 0.130. The predicted octanol–water partition coefficient (Wildman–Crippen LogP) is 3.38. The van der Waals surface area contributed by atoms with Gasteiger partial charge in [-0.25, -0.2) is 0 Å². The van der Waals surface area contributed by atoms with Crippen LogP contribution in [0.5, 0.6) is 11.5 Å². The van der Waals surface area contributed by atoms with Gasteiger partial charge in [0.2, 0.25) is 0 Å². The highest BCUT2D eigenvalue weighted by Gasteiger charge is 2.23. The van der Waals surface area contributed by atoms with E-state index in [1.807, 2.05) is 31.3 Å². The SMILES string of the molecule is CNC1CCCCCCC1Oc1cccc(OC)c1. The lowest BCUT2D eigenvalue weighted by Gasteiger charge is -2.29. The minimum Gasteiger partial charge on any atom is -0.497 e. The van der Waals surface area contributed by atoms with Crippen LogP contribution in [0.15, 0.2) is 24.3 Å². The average molecular weight is 263 g/mol. The van der Waals surface area contributed by atoms with Crippen LogP contribution in [-0.2, 0) is 0 Å². The highest BCUT2D eigenvalue weighted by atomic mass is 16.5. The number of likely N-dealkylation sites (N-methyl/N-ethyl adjacent to an activating group) is 1. The van der Waals surface area contributed by atoms with E-state index in [1.54, 1.807) is 7.11 Å². The lowest BCUT2D eigenvalue weighted by atomic mass is 9.94. The van der Waals surface area contributed by atoms with E-state index in [0.717, 1.165) is 17.9 Å². The summed E-state index contributed by atoms with van der Waals surface area (Å²) in [6.45, 7) is 0. The van der Waals surface area contributed by atoms with Gasteiger partial charge in [-0.3, -0.25) is 0 Å². The molecule has 0 saturated heterocycles. The number of rotatable bonds is 4. The summed E-state index contributed by atoms with van der Waals surface area (Å²) in [5, 5.41) is 3.41. The van der Waals surface area contributed by atoms with Crippen LogP contribution >= 0.6 is 0 Å².